The van der Waals surface area contributed by atoms with Gasteiger partial charge in [0.25, 0.3) is 5.91 Å². The monoisotopic (exact) mass is 487 g/mol. The van der Waals surface area contributed by atoms with Gasteiger partial charge in [-0.3, -0.25) is 19.3 Å². The van der Waals surface area contributed by atoms with Crippen LogP contribution in [0.4, 0.5) is 5.69 Å². The third-order valence-corrected chi connectivity index (χ3v) is 8.44. The summed E-state index contributed by atoms with van der Waals surface area (Å²) in [6, 6.07) is 1.04. The first-order valence-corrected chi connectivity index (χ1v) is 11.6. The smallest absolute Gasteiger partial charge is 0.255 e. The van der Waals surface area contributed by atoms with Gasteiger partial charge in [-0.05, 0) is 57.0 Å². The molecule has 182 valence electrons. The number of aliphatic hydroxyl groups excluding tert-OH is 2. The summed E-state index contributed by atoms with van der Waals surface area (Å²) in [6.45, 7) is 1.70. The SMILES string of the molecule is Cc1cc(N(C)C)c2c(c1O)C(=O)C1=C(O)[C@]3(P)C(=O)C(C(N)=O)=C(O)[C@@H](N(C)C)[C@@H]3C[C@@H]1C2. The minimum absolute atomic E-state index is 0.0559. The van der Waals surface area contributed by atoms with Crippen LogP contribution in [0.5, 0.6) is 5.75 Å². The zero-order valence-electron chi connectivity index (χ0n) is 19.8. The first-order valence-electron chi connectivity index (χ1n) is 11.0. The Hall–Kier alpha value is -2.90. The topological polar surface area (TPSA) is 144 Å². The highest BCUT2D eigenvalue weighted by molar-refractivity contribution is 7.22. The van der Waals surface area contributed by atoms with Gasteiger partial charge in [-0.15, -0.1) is 9.24 Å². The van der Waals surface area contributed by atoms with Gasteiger partial charge >= 0.3 is 0 Å². The lowest BCUT2D eigenvalue weighted by molar-refractivity contribution is -0.125. The van der Waals surface area contributed by atoms with Crippen molar-refractivity contribution in [2.45, 2.75) is 31.0 Å². The van der Waals surface area contributed by atoms with Crippen LogP contribution in [-0.2, 0) is 16.0 Å². The van der Waals surface area contributed by atoms with Crippen molar-refractivity contribution in [1.82, 2.24) is 4.90 Å². The second-order valence-corrected chi connectivity index (χ2v) is 10.8. The number of primary amides is 1. The van der Waals surface area contributed by atoms with Crippen molar-refractivity contribution in [3.8, 4) is 5.75 Å². The number of aryl methyl sites for hydroxylation is 1. The van der Waals surface area contributed by atoms with Gasteiger partial charge in [-0.1, -0.05) is 0 Å². The van der Waals surface area contributed by atoms with E-state index >= 15 is 0 Å². The molecule has 0 radical (unpaired) electrons. The van der Waals surface area contributed by atoms with Gasteiger partial charge in [0.1, 0.15) is 28.0 Å². The second-order valence-electron chi connectivity index (χ2n) is 9.87. The minimum Gasteiger partial charge on any atom is -0.510 e. The Morgan fingerprint density at radius 2 is 1.79 bits per heavy atom. The molecule has 0 spiro atoms. The molecule has 0 heterocycles. The maximum Gasteiger partial charge on any atom is 0.255 e. The van der Waals surface area contributed by atoms with Gasteiger partial charge in [0.2, 0.25) is 0 Å². The molecule has 1 unspecified atom stereocenters. The summed E-state index contributed by atoms with van der Waals surface area (Å²) >= 11 is 0. The Kier molecular flexibility index (Phi) is 5.57. The van der Waals surface area contributed by atoms with Crippen molar-refractivity contribution in [2.75, 3.05) is 33.1 Å². The molecule has 1 amide bonds. The van der Waals surface area contributed by atoms with E-state index in [-0.39, 0.29) is 16.9 Å². The van der Waals surface area contributed by atoms with Crippen molar-refractivity contribution in [2.24, 2.45) is 17.6 Å². The molecule has 1 aromatic rings. The number of likely N-dealkylation sites (N-methyl/N-ethyl adjacent to an activating group) is 1. The van der Waals surface area contributed by atoms with E-state index in [1.54, 1.807) is 25.9 Å². The molecule has 0 bridgehead atoms. The molecule has 0 saturated heterocycles. The number of ketones is 2. The van der Waals surface area contributed by atoms with Crippen LogP contribution in [0.3, 0.4) is 0 Å². The maximum atomic E-state index is 13.7. The lowest BCUT2D eigenvalue weighted by Gasteiger charge is -2.51. The molecule has 5 atom stereocenters. The lowest BCUT2D eigenvalue weighted by Crippen LogP contribution is -2.60. The van der Waals surface area contributed by atoms with Crippen LogP contribution in [0.2, 0.25) is 0 Å². The Labute approximate surface area is 200 Å². The zero-order chi connectivity index (χ0) is 25.4. The van der Waals surface area contributed by atoms with Gasteiger partial charge in [0.05, 0.1) is 11.6 Å². The number of Topliss-reactive ketones (excluding diaryl/α,β-unsaturated/α-hetero) is 2. The van der Waals surface area contributed by atoms with Gasteiger partial charge in [0.15, 0.2) is 11.6 Å². The number of aliphatic hydroxyl groups is 2. The predicted molar refractivity (Wildman–Crippen MR) is 130 cm³/mol. The molecular formula is C24H30N3O6P. The number of benzene rings is 1. The average Bonchev–Trinajstić information content (AvgIpc) is 2.72. The fourth-order valence-corrected chi connectivity index (χ4v) is 6.52. The molecule has 0 aliphatic heterocycles. The van der Waals surface area contributed by atoms with E-state index in [0.717, 1.165) is 5.69 Å². The Morgan fingerprint density at radius 1 is 1.18 bits per heavy atom. The third-order valence-electron chi connectivity index (χ3n) is 7.48. The van der Waals surface area contributed by atoms with E-state index in [1.165, 1.54) is 0 Å². The van der Waals surface area contributed by atoms with E-state index < -0.39 is 57.6 Å². The Balaban J connectivity index is 2.00. The number of phenols is 1. The van der Waals surface area contributed by atoms with Crippen LogP contribution < -0.4 is 10.6 Å². The number of amides is 1. The molecule has 0 saturated carbocycles. The van der Waals surface area contributed by atoms with E-state index in [1.807, 2.05) is 25.1 Å². The summed E-state index contributed by atoms with van der Waals surface area (Å²) in [6.07, 6.45) is 0.654. The van der Waals surface area contributed by atoms with Crippen LogP contribution in [0.1, 0.15) is 27.9 Å². The lowest BCUT2D eigenvalue weighted by atomic mass is 9.60. The molecule has 1 aromatic carbocycles. The van der Waals surface area contributed by atoms with Crippen LogP contribution in [0.15, 0.2) is 28.7 Å². The normalized spacial score (nSPS) is 28.6. The Morgan fingerprint density at radius 3 is 2.32 bits per heavy atom. The molecule has 3 aliphatic rings. The third kappa shape index (κ3) is 3.03. The van der Waals surface area contributed by atoms with Crippen LogP contribution in [-0.4, -0.2) is 77.1 Å². The maximum absolute atomic E-state index is 13.7. The molecule has 9 nitrogen and oxygen atoms in total. The van der Waals surface area contributed by atoms with E-state index in [4.69, 9.17) is 5.73 Å². The molecule has 4 rings (SSSR count). The van der Waals surface area contributed by atoms with Gasteiger partial charge in [-0.25, -0.2) is 0 Å². The summed E-state index contributed by atoms with van der Waals surface area (Å²) in [5.74, 6) is -4.60. The number of hydrogen-bond donors (Lipinski definition) is 4. The van der Waals surface area contributed by atoms with Crippen molar-refractivity contribution >= 4 is 32.4 Å². The van der Waals surface area contributed by atoms with Gasteiger partial charge in [-0.2, -0.15) is 0 Å². The average molecular weight is 487 g/mol. The number of nitrogens with zero attached hydrogens (tertiary/aromatic N) is 2. The molecule has 0 fully saturated rings. The second kappa shape index (κ2) is 7.82. The summed E-state index contributed by atoms with van der Waals surface area (Å²) in [4.78, 5) is 42.9. The number of anilines is 1. The standard InChI is InChI=1S/C24H30N3O6P/c1-9-6-13(26(2)3)11-7-10-8-12-17(27(4)5)20(30)16(23(25)33)22(32)24(12,34)21(31)14(10)19(29)15(11)18(9)28/h6,10,12,17,28,30-31H,7-8,34H2,1-5H3,(H2,25,33)/t10-,12-,17-,24-/m0/s1. The molecule has 5 N–H and O–H groups in total. The quantitative estimate of drug-likeness (QED) is 0.370. The molecule has 0 aromatic heterocycles. The number of hydrogen-bond acceptors (Lipinski definition) is 8. The predicted octanol–water partition coefficient (Wildman–Crippen LogP) is 1.38. The summed E-state index contributed by atoms with van der Waals surface area (Å²) in [5.41, 5.74) is 7.03. The van der Waals surface area contributed by atoms with Gasteiger partial charge in [0, 0.05) is 31.3 Å². The molecular weight excluding hydrogens is 457 g/mol. The number of aromatic hydroxyl groups is 1. The minimum atomic E-state index is -1.71. The number of carbonyl (C=O) groups excluding carboxylic acids is 3. The molecule has 3 aliphatic carbocycles. The van der Waals surface area contributed by atoms with Crippen LogP contribution in [0, 0.1) is 18.8 Å². The highest BCUT2D eigenvalue weighted by Crippen LogP contribution is 2.56. The number of allylic oxidation sites excluding steroid dienone is 2. The number of rotatable bonds is 3. The van der Waals surface area contributed by atoms with Crippen molar-refractivity contribution in [3.05, 3.63) is 45.4 Å². The summed E-state index contributed by atoms with van der Waals surface area (Å²) in [7, 11) is 9.43. The van der Waals surface area contributed by atoms with Gasteiger partial charge < -0.3 is 26.0 Å². The first kappa shape index (κ1) is 24.2. The van der Waals surface area contributed by atoms with Crippen molar-refractivity contribution in [3.63, 3.8) is 0 Å². The molecule has 34 heavy (non-hydrogen) atoms. The largest absolute Gasteiger partial charge is 0.510 e. The molecule has 10 heteroatoms. The first-order chi connectivity index (χ1) is 15.7. The fraction of sp³-hybridized carbons (Fsp3) is 0.458. The summed E-state index contributed by atoms with van der Waals surface area (Å²) in [5, 5.41) is 31.4. The fourth-order valence-electron chi connectivity index (χ4n) is 5.90. The number of carbonyl (C=O) groups is 3. The number of nitrogens with two attached hydrogens (primary N) is 1. The number of fused-ring (bicyclic) bond motifs is 3. The Bertz CT molecular complexity index is 1220. The summed E-state index contributed by atoms with van der Waals surface area (Å²) < 4.78 is 0. The van der Waals surface area contributed by atoms with E-state index in [2.05, 4.69) is 9.24 Å². The highest BCUT2D eigenvalue weighted by atomic mass is 31.0. The van der Waals surface area contributed by atoms with E-state index in [0.29, 0.717) is 24.0 Å². The zero-order valence-corrected chi connectivity index (χ0v) is 21.0. The number of phenolic OH excluding ortho intramolecular Hbond substituents is 1. The van der Waals surface area contributed by atoms with E-state index in [9.17, 15) is 29.7 Å². The van der Waals surface area contributed by atoms with Crippen LogP contribution in [0.25, 0.3) is 0 Å². The van der Waals surface area contributed by atoms with Crippen molar-refractivity contribution in [1.29, 1.82) is 0 Å². The van der Waals surface area contributed by atoms with Crippen molar-refractivity contribution < 1.29 is 29.7 Å². The van der Waals surface area contributed by atoms with Crippen LogP contribution >= 0.6 is 9.24 Å². The highest BCUT2D eigenvalue weighted by Gasteiger charge is 2.61.